The molecule has 2 aromatic carbocycles. The van der Waals surface area contributed by atoms with Gasteiger partial charge in [-0.25, -0.2) is 4.79 Å². The van der Waals surface area contributed by atoms with Crippen molar-refractivity contribution in [1.82, 2.24) is 5.32 Å². The fourth-order valence-electron chi connectivity index (χ4n) is 2.89. The second-order valence-corrected chi connectivity index (χ2v) is 8.39. The summed E-state index contributed by atoms with van der Waals surface area (Å²) in [5.41, 5.74) is 1.55. The molecule has 31 heavy (non-hydrogen) atoms. The van der Waals surface area contributed by atoms with Crippen LogP contribution >= 0.6 is 28.1 Å². The lowest BCUT2D eigenvalue weighted by atomic mass is 10.1. The molecule has 0 fully saturated rings. The molecule has 2 amide bonds. The van der Waals surface area contributed by atoms with Crippen LogP contribution in [-0.2, 0) is 12.4 Å². The van der Waals surface area contributed by atoms with E-state index >= 15 is 0 Å². The monoisotopic (exact) mass is 522 g/mol. The summed E-state index contributed by atoms with van der Waals surface area (Å²) < 4.78 is 9.97. The van der Waals surface area contributed by atoms with Crippen LogP contribution in [0.25, 0.3) is 0 Å². The van der Waals surface area contributed by atoms with E-state index in [1.165, 1.54) is 6.42 Å². The van der Waals surface area contributed by atoms with Crippen molar-refractivity contribution in [1.29, 1.82) is 0 Å². The van der Waals surface area contributed by atoms with Gasteiger partial charge in [0, 0.05) is 29.1 Å². The first-order valence-corrected chi connectivity index (χ1v) is 11.8. The highest BCUT2D eigenvalue weighted by Gasteiger charge is 2.06. The second kappa shape index (κ2) is 14.8. The van der Waals surface area contributed by atoms with E-state index < -0.39 is 6.03 Å². The first-order chi connectivity index (χ1) is 15.1. The lowest BCUT2D eigenvalue weighted by Crippen LogP contribution is -2.29. The zero-order chi connectivity index (χ0) is 22.3. The van der Waals surface area contributed by atoms with Crippen molar-refractivity contribution in [2.75, 3.05) is 23.8 Å². The van der Waals surface area contributed by atoms with Gasteiger partial charge < -0.3 is 20.7 Å². The molecule has 0 radical (unpaired) electrons. The van der Waals surface area contributed by atoms with Crippen molar-refractivity contribution in [3.63, 3.8) is 0 Å². The van der Waals surface area contributed by atoms with Gasteiger partial charge in [-0.1, -0.05) is 59.8 Å². The smallest absolute Gasteiger partial charge is 0.356 e. The summed E-state index contributed by atoms with van der Waals surface area (Å²) in [4.78, 5) is 11.3. The molecule has 6 nitrogen and oxygen atoms in total. The molecule has 166 valence electrons. The van der Waals surface area contributed by atoms with Crippen LogP contribution in [0.2, 0.25) is 0 Å². The van der Waals surface area contributed by atoms with Gasteiger partial charge in [0.15, 0.2) is 5.11 Å². The lowest BCUT2D eigenvalue weighted by Gasteiger charge is -2.11. The summed E-state index contributed by atoms with van der Waals surface area (Å²) in [7, 11) is 0. The van der Waals surface area contributed by atoms with Crippen molar-refractivity contribution in [3.8, 4) is 5.75 Å². The lowest BCUT2D eigenvalue weighted by molar-refractivity contribution is 0.259. The first kappa shape index (κ1) is 25.2. The second-order valence-electron chi connectivity index (χ2n) is 6.88. The van der Waals surface area contributed by atoms with E-state index in [1.54, 1.807) is 6.07 Å². The van der Waals surface area contributed by atoms with E-state index in [-0.39, 0.29) is 0 Å². The Labute approximate surface area is 202 Å². The molecule has 3 N–H and O–H groups in total. The minimum Gasteiger partial charge on any atom is -0.491 e. The standard InChI is InChI=1S/C22H27BrN4O2S2/c23-17-10-9-11-18(16-17)25-22(30)24-14-7-3-1-2-4-8-15-29-20-13-6-5-12-19(20)26-21(28)27-31/h5-6,9-13,16H,1-4,7-8,14-15H2,(H,26,28)(H2,24,25,30). The fourth-order valence-corrected chi connectivity index (χ4v) is 3.56. The van der Waals surface area contributed by atoms with E-state index in [0.29, 0.717) is 23.2 Å². The van der Waals surface area contributed by atoms with Crippen LogP contribution in [0.3, 0.4) is 0 Å². The molecule has 0 unspecified atom stereocenters. The Hall–Kier alpha value is -2.10. The Morgan fingerprint density at radius 1 is 0.968 bits per heavy atom. The number of amides is 2. The van der Waals surface area contributed by atoms with Gasteiger partial charge in [-0.15, -0.1) is 4.36 Å². The SMILES string of the molecule is O=C(N=S)Nc1ccccc1OCCCCCCCCNC(=S)Nc1cccc(Br)c1. The Morgan fingerprint density at radius 2 is 1.71 bits per heavy atom. The number of carbonyl (C=O) groups excluding carboxylic acids is 1. The predicted octanol–water partition coefficient (Wildman–Crippen LogP) is 6.42. The molecule has 0 aliphatic carbocycles. The largest absolute Gasteiger partial charge is 0.491 e. The highest BCUT2D eigenvalue weighted by Crippen LogP contribution is 2.24. The molecule has 0 aliphatic rings. The topological polar surface area (TPSA) is 74.8 Å². The number of hydrogen-bond donors (Lipinski definition) is 3. The molecule has 2 rings (SSSR count). The van der Waals surface area contributed by atoms with Gasteiger partial charge >= 0.3 is 6.03 Å². The summed E-state index contributed by atoms with van der Waals surface area (Å²) in [6, 6.07) is 14.6. The number of nitrogens with zero attached hydrogens (tertiary/aromatic N) is 1. The number of ether oxygens (including phenoxy) is 1. The molecule has 0 aliphatic heterocycles. The Bertz CT molecular complexity index is 867. The fraction of sp³-hybridized carbons (Fsp3) is 0.364. The number of benzene rings is 2. The number of thiocarbonyl (C=S) groups is 1. The third-order valence-electron chi connectivity index (χ3n) is 4.41. The molecule has 0 saturated heterocycles. The zero-order valence-electron chi connectivity index (χ0n) is 17.2. The first-order valence-electron chi connectivity index (χ1n) is 10.2. The maximum absolute atomic E-state index is 11.3. The van der Waals surface area contributed by atoms with Crippen molar-refractivity contribution in [2.45, 2.75) is 38.5 Å². The van der Waals surface area contributed by atoms with Crippen LogP contribution in [0.1, 0.15) is 38.5 Å². The maximum atomic E-state index is 11.3. The molecular weight excluding hydrogens is 496 g/mol. The number of para-hydroxylation sites is 2. The van der Waals surface area contributed by atoms with Gasteiger partial charge in [0.05, 0.1) is 12.3 Å². The number of unbranched alkanes of at least 4 members (excludes halogenated alkanes) is 5. The predicted molar refractivity (Wildman–Crippen MR) is 137 cm³/mol. The summed E-state index contributed by atoms with van der Waals surface area (Å²) in [5, 5.41) is 9.68. The van der Waals surface area contributed by atoms with Crippen molar-refractivity contribution >= 4 is 63.1 Å². The number of carbonyl (C=O) groups is 1. The van der Waals surface area contributed by atoms with Crippen molar-refractivity contribution < 1.29 is 9.53 Å². The summed E-state index contributed by atoms with van der Waals surface area (Å²) in [6.45, 7) is 1.47. The number of halogens is 1. The summed E-state index contributed by atoms with van der Waals surface area (Å²) in [5.74, 6) is 0.632. The molecule has 0 heterocycles. The third-order valence-corrected chi connectivity index (χ3v) is 5.31. The zero-order valence-corrected chi connectivity index (χ0v) is 20.5. The highest BCUT2D eigenvalue weighted by molar-refractivity contribution is 9.10. The van der Waals surface area contributed by atoms with E-state index in [4.69, 9.17) is 17.0 Å². The molecule has 0 spiro atoms. The van der Waals surface area contributed by atoms with Gasteiger partial charge in [0.1, 0.15) is 5.75 Å². The molecule has 0 aromatic heterocycles. The summed E-state index contributed by atoms with van der Waals surface area (Å²) >= 11 is 13.2. The van der Waals surface area contributed by atoms with Crippen molar-refractivity contribution in [3.05, 3.63) is 53.0 Å². The Balaban J connectivity index is 1.48. The third kappa shape index (κ3) is 10.7. The molecule has 2 aromatic rings. The Kier molecular flexibility index (Phi) is 12.0. The van der Waals surface area contributed by atoms with E-state index in [0.717, 1.165) is 48.8 Å². The van der Waals surface area contributed by atoms with Crippen LogP contribution in [0.4, 0.5) is 16.2 Å². The average Bonchev–Trinajstić information content (AvgIpc) is 2.76. The maximum Gasteiger partial charge on any atom is 0.356 e. The molecule has 0 atom stereocenters. The van der Waals surface area contributed by atoms with Gasteiger partial charge in [-0.3, -0.25) is 0 Å². The van der Waals surface area contributed by atoms with E-state index in [9.17, 15) is 4.79 Å². The highest BCUT2D eigenvalue weighted by atomic mass is 79.9. The quantitative estimate of drug-likeness (QED) is 0.220. The van der Waals surface area contributed by atoms with Crippen LogP contribution < -0.4 is 20.7 Å². The number of urea groups is 1. The average molecular weight is 524 g/mol. The number of anilines is 2. The van der Waals surface area contributed by atoms with Crippen molar-refractivity contribution in [2.24, 2.45) is 4.36 Å². The van der Waals surface area contributed by atoms with Crippen LogP contribution in [-0.4, -0.2) is 24.3 Å². The van der Waals surface area contributed by atoms with Crippen LogP contribution in [0.15, 0.2) is 57.4 Å². The molecule has 0 saturated carbocycles. The summed E-state index contributed by atoms with van der Waals surface area (Å²) in [6.07, 6.45) is 6.65. The van der Waals surface area contributed by atoms with Crippen LogP contribution in [0.5, 0.6) is 5.75 Å². The minimum absolute atomic E-state index is 0.565. The van der Waals surface area contributed by atoms with E-state index in [2.05, 4.69) is 48.7 Å². The minimum atomic E-state index is -0.565. The number of rotatable bonds is 12. The van der Waals surface area contributed by atoms with Gasteiger partial charge in [0.2, 0.25) is 0 Å². The normalized spacial score (nSPS) is 10.2. The molecule has 9 heteroatoms. The van der Waals surface area contributed by atoms with Gasteiger partial charge in [-0.05, 0) is 55.4 Å². The van der Waals surface area contributed by atoms with Crippen LogP contribution in [0, 0.1) is 0 Å². The van der Waals surface area contributed by atoms with E-state index in [1.807, 2.05) is 42.5 Å². The Morgan fingerprint density at radius 3 is 2.48 bits per heavy atom. The van der Waals surface area contributed by atoms with Gasteiger partial charge in [0.25, 0.3) is 0 Å². The van der Waals surface area contributed by atoms with Gasteiger partial charge in [-0.2, -0.15) is 0 Å². The number of hydrogen-bond acceptors (Lipinski definition) is 4. The molecular formula is C22H27BrN4O2S2. The number of nitrogens with one attached hydrogen (secondary N) is 3. The molecule has 0 bridgehead atoms.